The van der Waals surface area contributed by atoms with Gasteiger partial charge in [0.05, 0.1) is 6.26 Å². The van der Waals surface area contributed by atoms with E-state index in [9.17, 15) is 0 Å². The molecule has 0 aliphatic heterocycles. The third kappa shape index (κ3) is 1.21. The standard InChI is InChI=1S/C10H11NO/c11-5-3-8-1-2-10-9(7-8)4-6-12-10/h1-2,4,6-7H,3,5,11H2. The zero-order valence-electron chi connectivity index (χ0n) is 6.79. The Morgan fingerprint density at radius 2 is 2.17 bits per heavy atom. The molecule has 12 heavy (non-hydrogen) atoms. The molecule has 0 spiro atoms. The van der Waals surface area contributed by atoms with Crippen LogP contribution >= 0.6 is 0 Å². The maximum Gasteiger partial charge on any atom is 0.133 e. The van der Waals surface area contributed by atoms with E-state index in [1.165, 1.54) is 5.56 Å². The SMILES string of the molecule is NCCc1ccc2occc2c1. The van der Waals surface area contributed by atoms with Crippen LogP contribution in [-0.4, -0.2) is 6.54 Å². The molecule has 0 aliphatic carbocycles. The molecule has 1 heterocycles. The molecule has 1 aromatic carbocycles. The fourth-order valence-corrected chi connectivity index (χ4v) is 1.34. The van der Waals surface area contributed by atoms with Crippen LogP contribution in [0.1, 0.15) is 5.56 Å². The average molecular weight is 161 g/mol. The molecule has 0 bridgehead atoms. The molecule has 1 aromatic heterocycles. The minimum atomic E-state index is 0.698. The lowest BCUT2D eigenvalue weighted by Crippen LogP contribution is -2.02. The second-order valence-corrected chi connectivity index (χ2v) is 2.83. The van der Waals surface area contributed by atoms with Crippen LogP contribution in [0.5, 0.6) is 0 Å². The highest BCUT2D eigenvalue weighted by Gasteiger charge is 1.97. The lowest BCUT2D eigenvalue weighted by molar-refractivity contribution is 0.616. The van der Waals surface area contributed by atoms with Crippen LogP contribution in [-0.2, 0) is 6.42 Å². The van der Waals surface area contributed by atoms with E-state index < -0.39 is 0 Å². The number of benzene rings is 1. The van der Waals surface area contributed by atoms with Crippen LogP contribution in [0.3, 0.4) is 0 Å². The van der Waals surface area contributed by atoms with Gasteiger partial charge in [0.1, 0.15) is 5.58 Å². The van der Waals surface area contributed by atoms with Crippen LogP contribution in [0.15, 0.2) is 34.9 Å². The van der Waals surface area contributed by atoms with Crippen molar-refractivity contribution < 1.29 is 4.42 Å². The van der Waals surface area contributed by atoms with Crippen molar-refractivity contribution in [3.05, 3.63) is 36.1 Å². The molecule has 62 valence electrons. The average Bonchev–Trinajstić information content (AvgIpc) is 2.51. The normalized spacial score (nSPS) is 10.8. The first-order valence-corrected chi connectivity index (χ1v) is 4.06. The summed E-state index contributed by atoms with van der Waals surface area (Å²) in [5, 5.41) is 1.15. The van der Waals surface area contributed by atoms with E-state index in [0.29, 0.717) is 6.54 Å². The van der Waals surface area contributed by atoms with Gasteiger partial charge in [-0.25, -0.2) is 0 Å². The van der Waals surface area contributed by atoms with Gasteiger partial charge in [-0.05, 0) is 36.7 Å². The van der Waals surface area contributed by atoms with E-state index in [0.717, 1.165) is 17.4 Å². The quantitative estimate of drug-likeness (QED) is 0.731. The maximum absolute atomic E-state index is 5.46. The minimum Gasteiger partial charge on any atom is -0.464 e. The minimum absolute atomic E-state index is 0.698. The number of hydrogen-bond donors (Lipinski definition) is 1. The van der Waals surface area contributed by atoms with Crippen molar-refractivity contribution in [2.24, 2.45) is 5.73 Å². The largest absolute Gasteiger partial charge is 0.464 e. The van der Waals surface area contributed by atoms with E-state index >= 15 is 0 Å². The Bertz CT molecular complexity index is 378. The second kappa shape index (κ2) is 2.99. The van der Waals surface area contributed by atoms with Crippen molar-refractivity contribution in [1.29, 1.82) is 0 Å². The molecular weight excluding hydrogens is 150 g/mol. The summed E-state index contributed by atoms with van der Waals surface area (Å²) in [6.45, 7) is 0.698. The zero-order chi connectivity index (χ0) is 8.39. The molecule has 2 nitrogen and oxygen atoms in total. The summed E-state index contributed by atoms with van der Waals surface area (Å²) in [5.74, 6) is 0. The zero-order valence-corrected chi connectivity index (χ0v) is 6.79. The Balaban J connectivity index is 2.46. The van der Waals surface area contributed by atoms with Crippen molar-refractivity contribution in [3.8, 4) is 0 Å². The molecule has 0 atom stereocenters. The van der Waals surface area contributed by atoms with Crippen LogP contribution in [0.4, 0.5) is 0 Å². The second-order valence-electron chi connectivity index (χ2n) is 2.83. The van der Waals surface area contributed by atoms with Gasteiger partial charge in [0, 0.05) is 5.39 Å². The van der Waals surface area contributed by atoms with Gasteiger partial charge in [-0.1, -0.05) is 6.07 Å². The highest BCUT2D eigenvalue weighted by Crippen LogP contribution is 2.16. The van der Waals surface area contributed by atoms with Gasteiger partial charge in [0.25, 0.3) is 0 Å². The number of nitrogens with two attached hydrogens (primary N) is 1. The number of hydrogen-bond acceptors (Lipinski definition) is 2. The first-order chi connectivity index (χ1) is 5.90. The van der Waals surface area contributed by atoms with E-state index in [1.807, 2.05) is 12.1 Å². The van der Waals surface area contributed by atoms with Crippen LogP contribution < -0.4 is 5.73 Å². The Kier molecular flexibility index (Phi) is 1.84. The predicted molar refractivity (Wildman–Crippen MR) is 49.0 cm³/mol. The van der Waals surface area contributed by atoms with Crippen molar-refractivity contribution in [2.45, 2.75) is 6.42 Å². The molecule has 2 heteroatoms. The van der Waals surface area contributed by atoms with Crippen molar-refractivity contribution in [3.63, 3.8) is 0 Å². The molecule has 0 saturated carbocycles. The van der Waals surface area contributed by atoms with Crippen LogP contribution in [0.25, 0.3) is 11.0 Å². The molecule has 2 aromatic rings. The molecule has 2 N–H and O–H groups in total. The summed E-state index contributed by atoms with van der Waals surface area (Å²) in [6.07, 6.45) is 2.64. The highest BCUT2D eigenvalue weighted by molar-refractivity contribution is 5.77. The van der Waals surface area contributed by atoms with Gasteiger partial charge in [0.2, 0.25) is 0 Å². The number of rotatable bonds is 2. The van der Waals surface area contributed by atoms with Gasteiger partial charge in [-0.15, -0.1) is 0 Å². The van der Waals surface area contributed by atoms with Crippen molar-refractivity contribution >= 4 is 11.0 Å². The van der Waals surface area contributed by atoms with E-state index in [4.69, 9.17) is 10.2 Å². The Morgan fingerprint density at radius 1 is 1.25 bits per heavy atom. The maximum atomic E-state index is 5.46. The molecule has 0 unspecified atom stereocenters. The Labute approximate surface area is 71.0 Å². The van der Waals surface area contributed by atoms with Crippen LogP contribution in [0, 0.1) is 0 Å². The van der Waals surface area contributed by atoms with Gasteiger partial charge >= 0.3 is 0 Å². The molecule has 0 radical (unpaired) electrons. The molecule has 0 saturated heterocycles. The van der Waals surface area contributed by atoms with Gasteiger partial charge in [-0.2, -0.15) is 0 Å². The fourth-order valence-electron chi connectivity index (χ4n) is 1.34. The van der Waals surface area contributed by atoms with E-state index in [-0.39, 0.29) is 0 Å². The van der Waals surface area contributed by atoms with Crippen molar-refractivity contribution in [2.75, 3.05) is 6.54 Å². The van der Waals surface area contributed by atoms with Gasteiger partial charge < -0.3 is 10.2 Å². The van der Waals surface area contributed by atoms with Gasteiger partial charge in [0.15, 0.2) is 0 Å². The Morgan fingerprint density at radius 3 is 3.00 bits per heavy atom. The molecule has 2 rings (SSSR count). The lowest BCUT2D eigenvalue weighted by atomic mass is 10.1. The molecule has 0 amide bonds. The van der Waals surface area contributed by atoms with Crippen molar-refractivity contribution in [1.82, 2.24) is 0 Å². The van der Waals surface area contributed by atoms with Crippen LogP contribution in [0.2, 0.25) is 0 Å². The molecule has 0 fully saturated rings. The summed E-state index contributed by atoms with van der Waals surface area (Å²) in [7, 11) is 0. The van der Waals surface area contributed by atoms with Gasteiger partial charge in [-0.3, -0.25) is 0 Å². The van der Waals surface area contributed by atoms with E-state index in [2.05, 4.69) is 12.1 Å². The summed E-state index contributed by atoms with van der Waals surface area (Å²) < 4.78 is 5.22. The lowest BCUT2D eigenvalue weighted by Gasteiger charge is -1.96. The topological polar surface area (TPSA) is 39.2 Å². The molecule has 0 aliphatic rings. The third-order valence-corrected chi connectivity index (χ3v) is 1.95. The summed E-state index contributed by atoms with van der Waals surface area (Å²) in [4.78, 5) is 0. The monoisotopic (exact) mass is 161 g/mol. The summed E-state index contributed by atoms with van der Waals surface area (Å²) in [6, 6.07) is 8.13. The molecular formula is C10H11NO. The van der Waals surface area contributed by atoms with E-state index in [1.54, 1.807) is 6.26 Å². The summed E-state index contributed by atoms with van der Waals surface area (Å²) >= 11 is 0. The first-order valence-electron chi connectivity index (χ1n) is 4.06. The highest BCUT2D eigenvalue weighted by atomic mass is 16.3. The smallest absolute Gasteiger partial charge is 0.133 e. The Hall–Kier alpha value is -1.28. The third-order valence-electron chi connectivity index (χ3n) is 1.95. The predicted octanol–water partition coefficient (Wildman–Crippen LogP) is 1.93. The number of furan rings is 1. The fraction of sp³-hybridized carbons (Fsp3) is 0.200. The summed E-state index contributed by atoms with van der Waals surface area (Å²) in [5.41, 5.74) is 7.67. The first kappa shape index (κ1) is 7.37. The number of fused-ring (bicyclic) bond motifs is 1.